The molecule has 142 valence electrons. The summed E-state index contributed by atoms with van der Waals surface area (Å²) in [6, 6.07) is 3.35. The smallest absolute Gasteiger partial charge is 0.256 e. The number of nitrogens with zero attached hydrogens (tertiary/aromatic N) is 3. The van der Waals surface area contributed by atoms with Crippen LogP contribution in [0.5, 0.6) is 0 Å². The molecule has 0 unspecified atom stereocenters. The van der Waals surface area contributed by atoms with Crippen molar-refractivity contribution in [3.8, 4) is 11.3 Å². The molecule has 1 aromatic carbocycles. The van der Waals surface area contributed by atoms with E-state index in [9.17, 15) is 13.2 Å². The number of anilines is 1. The van der Waals surface area contributed by atoms with Crippen LogP contribution < -0.4 is 5.73 Å². The van der Waals surface area contributed by atoms with Gasteiger partial charge in [-0.25, -0.2) is 18.4 Å². The summed E-state index contributed by atoms with van der Waals surface area (Å²) >= 11 is 5.96. The molecule has 1 atom stereocenters. The first-order valence-corrected chi connectivity index (χ1v) is 10.9. The quantitative estimate of drug-likeness (QED) is 0.836. The first kappa shape index (κ1) is 18.2. The third-order valence-corrected chi connectivity index (χ3v) is 6.65. The summed E-state index contributed by atoms with van der Waals surface area (Å²) in [5, 5.41) is 0.0500. The maximum Gasteiger partial charge on any atom is 0.256 e. The standard InChI is InChI=1S/C18H19ClN4O3S/c1-9(10-3-4-10)23-8-12-5-11(13-7-21-17(20)16(19)22-13)6-14(27(2,25)26)15(12)18(23)24/h5-7,9-10H,3-4,8H2,1-2H3,(H2,20,21)/t9-/m0/s1. The van der Waals surface area contributed by atoms with Crippen molar-refractivity contribution in [2.75, 3.05) is 12.0 Å². The first-order valence-electron chi connectivity index (χ1n) is 8.63. The monoisotopic (exact) mass is 406 g/mol. The van der Waals surface area contributed by atoms with Crippen LogP contribution in [-0.4, -0.2) is 41.5 Å². The number of hydrogen-bond donors (Lipinski definition) is 1. The van der Waals surface area contributed by atoms with E-state index in [-0.39, 0.29) is 33.4 Å². The molecule has 0 radical (unpaired) electrons. The zero-order valence-electron chi connectivity index (χ0n) is 14.9. The van der Waals surface area contributed by atoms with E-state index in [4.69, 9.17) is 17.3 Å². The number of fused-ring (bicyclic) bond motifs is 1. The molecular formula is C18H19ClN4O3S. The van der Waals surface area contributed by atoms with Crippen molar-refractivity contribution in [1.29, 1.82) is 0 Å². The molecule has 2 aliphatic rings. The van der Waals surface area contributed by atoms with E-state index in [0.717, 1.165) is 19.1 Å². The topological polar surface area (TPSA) is 106 Å². The highest BCUT2D eigenvalue weighted by molar-refractivity contribution is 7.90. The van der Waals surface area contributed by atoms with E-state index in [1.54, 1.807) is 11.0 Å². The van der Waals surface area contributed by atoms with E-state index in [0.29, 0.717) is 29.3 Å². The highest BCUT2D eigenvalue weighted by Crippen LogP contribution is 2.40. The second-order valence-corrected chi connectivity index (χ2v) is 9.57. The first-order chi connectivity index (χ1) is 12.7. The van der Waals surface area contributed by atoms with Crippen molar-refractivity contribution in [2.45, 2.75) is 37.2 Å². The van der Waals surface area contributed by atoms with E-state index >= 15 is 0 Å². The second-order valence-electron chi connectivity index (χ2n) is 7.22. The second kappa shape index (κ2) is 6.17. The molecule has 0 bridgehead atoms. The maximum atomic E-state index is 13.0. The molecule has 2 aromatic rings. The van der Waals surface area contributed by atoms with Crippen molar-refractivity contribution in [3.63, 3.8) is 0 Å². The van der Waals surface area contributed by atoms with Gasteiger partial charge in [-0.05, 0) is 43.4 Å². The zero-order chi connectivity index (χ0) is 19.5. The average Bonchev–Trinajstić information content (AvgIpc) is 3.39. The number of benzene rings is 1. The fraction of sp³-hybridized carbons (Fsp3) is 0.389. The van der Waals surface area contributed by atoms with Crippen LogP contribution in [0.25, 0.3) is 11.3 Å². The molecule has 4 rings (SSSR count). The molecule has 2 N–H and O–H groups in total. The van der Waals surface area contributed by atoms with E-state index < -0.39 is 9.84 Å². The van der Waals surface area contributed by atoms with Crippen LogP contribution in [-0.2, 0) is 16.4 Å². The van der Waals surface area contributed by atoms with Crippen molar-refractivity contribution in [2.24, 2.45) is 5.92 Å². The van der Waals surface area contributed by atoms with Gasteiger partial charge in [-0.15, -0.1) is 0 Å². The lowest BCUT2D eigenvalue weighted by atomic mass is 10.0. The van der Waals surface area contributed by atoms with Crippen molar-refractivity contribution >= 4 is 33.2 Å². The van der Waals surface area contributed by atoms with Crippen LogP contribution in [0.15, 0.2) is 23.2 Å². The number of carbonyl (C=O) groups excluding carboxylic acids is 1. The van der Waals surface area contributed by atoms with E-state index in [1.165, 1.54) is 12.3 Å². The number of nitrogen functional groups attached to an aromatic ring is 1. The molecule has 2 heterocycles. The Morgan fingerprint density at radius 1 is 1.33 bits per heavy atom. The fourth-order valence-corrected chi connectivity index (χ4v) is 4.63. The largest absolute Gasteiger partial charge is 0.381 e. The number of sulfone groups is 1. The molecule has 7 nitrogen and oxygen atoms in total. The van der Waals surface area contributed by atoms with Gasteiger partial charge >= 0.3 is 0 Å². The predicted octanol–water partition coefficient (Wildman–Crippen LogP) is 2.54. The number of nitrogens with two attached hydrogens (primary N) is 1. The third-order valence-electron chi connectivity index (χ3n) is 5.25. The minimum absolute atomic E-state index is 0.0141. The molecule has 1 amide bonds. The van der Waals surface area contributed by atoms with E-state index in [2.05, 4.69) is 9.97 Å². The zero-order valence-corrected chi connectivity index (χ0v) is 16.5. The number of amides is 1. The summed E-state index contributed by atoms with van der Waals surface area (Å²) < 4.78 is 24.8. The molecule has 0 saturated heterocycles. The maximum absolute atomic E-state index is 13.0. The number of carbonyl (C=O) groups is 1. The number of hydrogen-bond acceptors (Lipinski definition) is 6. The van der Waals surface area contributed by atoms with Gasteiger partial charge in [0.05, 0.1) is 22.3 Å². The number of rotatable bonds is 4. The van der Waals surface area contributed by atoms with Crippen LogP contribution in [0.1, 0.15) is 35.7 Å². The predicted molar refractivity (Wildman–Crippen MR) is 102 cm³/mol. The Hall–Kier alpha value is -2.19. The molecule has 1 saturated carbocycles. The molecule has 1 aromatic heterocycles. The van der Waals surface area contributed by atoms with Gasteiger partial charge in [0.2, 0.25) is 0 Å². The minimum atomic E-state index is -3.62. The lowest BCUT2D eigenvalue weighted by molar-refractivity contribution is 0.0694. The van der Waals surface area contributed by atoms with Gasteiger partial charge in [0.25, 0.3) is 5.91 Å². The Morgan fingerprint density at radius 2 is 2.04 bits per heavy atom. The van der Waals surface area contributed by atoms with Crippen LogP contribution >= 0.6 is 11.6 Å². The van der Waals surface area contributed by atoms with Gasteiger partial charge in [0.15, 0.2) is 20.8 Å². The van der Waals surface area contributed by atoms with Gasteiger partial charge < -0.3 is 10.6 Å². The van der Waals surface area contributed by atoms with Gasteiger partial charge in [-0.1, -0.05) is 11.6 Å². The van der Waals surface area contributed by atoms with Gasteiger partial charge in [0.1, 0.15) is 0 Å². The third kappa shape index (κ3) is 3.17. The van der Waals surface area contributed by atoms with Crippen molar-refractivity contribution in [3.05, 3.63) is 34.6 Å². The molecule has 27 heavy (non-hydrogen) atoms. The summed E-state index contributed by atoms with van der Waals surface area (Å²) in [7, 11) is -3.62. The Labute approximate surface area is 162 Å². The van der Waals surface area contributed by atoms with E-state index in [1.807, 2.05) is 6.92 Å². The van der Waals surface area contributed by atoms with Crippen LogP contribution in [0.4, 0.5) is 5.82 Å². The summed E-state index contributed by atoms with van der Waals surface area (Å²) in [5.74, 6) is 0.369. The number of halogens is 1. The normalized spacial score (nSPS) is 17.9. The summed E-state index contributed by atoms with van der Waals surface area (Å²) in [5.41, 5.74) is 7.50. The van der Waals surface area contributed by atoms with Gasteiger partial charge in [-0.3, -0.25) is 4.79 Å². The lowest BCUT2D eigenvalue weighted by Gasteiger charge is -2.24. The average molecular weight is 407 g/mol. The Bertz CT molecular complexity index is 1070. The fourth-order valence-electron chi connectivity index (χ4n) is 3.56. The van der Waals surface area contributed by atoms with Crippen LogP contribution in [0.2, 0.25) is 5.15 Å². The highest BCUT2D eigenvalue weighted by atomic mass is 35.5. The summed E-state index contributed by atoms with van der Waals surface area (Å²) in [6.07, 6.45) is 4.75. The molecule has 1 fully saturated rings. The van der Waals surface area contributed by atoms with Gasteiger partial charge in [-0.2, -0.15) is 0 Å². The molecule has 1 aliphatic carbocycles. The van der Waals surface area contributed by atoms with Crippen LogP contribution in [0.3, 0.4) is 0 Å². The number of aromatic nitrogens is 2. The summed E-state index contributed by atoms with van der Waals surface area (Å²) in [6.45, 7) is 2.41. The lowest BCUT2D eigenvalue weighted by Crippen LogP contribution is -2.35. The summed E-state index contributed by atoms with van der Waals surface area (Å²) in [4.78, 5) is 22.9. The van der Waals surface area contributed by atoms with Crippen molar-refractivity contribution in [1.82, 2.24) is 14.9 Å². The molecule has 0 spiro atoms. The minimum Gasteiger partial charge on any atom is -0.381 e. The Morgan fingerprint density at radius 3 is 2.63 bits per heavy atom. The Kier molecular flexibility index (Phi) is 4.16. The van der Waals surface area contributed by atoms with Crippen molar-refractivity contribution < 1.29 is 13.2 Å². The molecular weight excluding hydrogens is 388 g/mol. The van der Waals surface area contributed by atoms with Crippen LogP contribution in [0, 0.1) is 5.92 Å². The molecule has 9 heteroatoms. The Balaban J connectivity index is 1.85. The SMILES string of the molecule is C[C@@H](C1CC1)N1Cc2cc(-c3cnc(N)c(Cl)n3)cc(S(C)(=O)=O)c2C1=O. The van der Waals surface area contributed by atoms with Gasteiger partial charge in [0, 0.05) is 24.4 Å². The highest BCUT2D eigenvalue weighted by Gasteiger charge is 2.40. The molecule has 1 aliphatic heterocycles.